The summed E-state index contributed by atoms with van der Waals surface area (Å²) in [6, 6.07) is 14.4. The van der Waals surface area contributed by atoms with Gasteiger partial charge < -0.3 is 9.64 Å². The van der Waals surface area contributed by atoms with E-state index in [0.29, 0.717) is 41.9 Å². The number of rotatable bonds is 5. The molecule has 2 aromatic rings. The monoisotopic (exact) mass is 480 g/mol. The SMILES string of the molecule is Cc1cccc(/C=C/C(=O)c2ccc(N3C(=O)C[C@@H](SC(=S)N4CCOCC4)C3=O)cc2)c1. The van der Waals surface area contributed by atoms with E-state index in [-0.39, 0.29) is 24.0 Å². The molecule has 2 aliphatic rings. The fourth-order valence-electron chi connectivity index (χ4n) is 3.73. The molecular weight excluding hydrogens is 456 g/mol. The number of thiocarbonyl (C=S) groups is 1. The second-order valence-corrected chi connectivity index (χ2v) is 9.74. The summed E-state index contributed by atoms with van der Waals surface area (Å²) in [5, 5.41) is -0.536. The number of ether oxygens (including phenoxy) is 1. The first-order chi connectivity index (χ1) is 15.9. The van der Waals surface area contributed by atoms with Crippen molar-refractivity contribution in [1.82, 2.24) is 4.90 Å². The molecule has 0 N–H and O–H groups in total. The van der Waals surface area contributed by atoms with Gasteiger partial charge in [-0.3, -0.25) is 14.4 Å². The highest BCUT2D eigenvalue weighted by Crippen LogP contribution is 2.31. The third kappa shape index (κ3) is 5.58. The van der Waals surface area contributed by atoms with E-state index in [0.717, 1.165) is 11.1 Å². The molecule has 0 unspecified atom stereocenters. The number of carbonyl (C=O) groups excluding carboxylic acids is 3. The van der Waals surface area contributed by atoms with E-state index >= 15 is 0 Å². The van der Waals surface area contributed by atoms with Crippen LogP contribution in [-0.2, 0) is 14.3 Å². The quantitative estimate of drug-likeness (QED) is 0.279. The Bertz CT molecular complexity index is 1110. The number of hydrogen-bond acceptors (Lipinski definition) is 6. The van der Waals surface area contributed by atoms with E-state index in [4.69, 9.17) is 17.0 Å². The summed E-state index contributed by atoms with van der Waals surface area (Å²) >= 11 is 6.74. The Labute approximate surface area is 202 Å². The van der Waals surface area contributed by atoms with Crippen LogP contribution < -0.4 is 4.90 Å². The smallest absolute Gasteiger partial charge is 0.247 e. The Kier molecular flexibility index (Phi) is 7.37. The molecule has 1 atom stereocenters. The summed E-state index contributed by atoms with van der Waals surface area (Å²) in [5.74, 6) is -0.689. The average Bonchev–Trinajstić information content (AvgIpc) is 3.10. The first-order valence-corrected chi connectivity index (χ1v) is 12.0. The highest BCUT2D eigenvalue weighted by atomic mass is 32.2. The van der Waals surface area contributed by atoms with Crippen molar-refractivity contribution in [3.05, 3.63) is 71.3 Å². The normalized spacial score (nSPS) is 18.9. The maximum Gasteiger partial charge on any atom is 0.247 e. The number of aryl methyl sites for hydroxylation is 1. The molecule has 0 aromatic heterocycles. The van der Waals surface area contributed by atoms with Crippen LogP contribution in [0, 0.1) is 6.92 Å². The average molecular weight is 481 g/mol. The molecule has 0 saturated carbocycles. The van der Waals surface area contributed by atoms with Gasteiger partial charge in [-0.1, -0.05) is 59.9 Å². The summed E-state index contributed by atoms with van der Waals surface area (Å²) < 4.78 is 5.95. The number of carbonyl (C=O) groups is 3. The highest BCUT2D eigenvalue weighted by molar-refractivity contribution is 8.23. The number of imide groups is 1. The molecule has 170 valence electrons. The maximum absolute atomic E-state index is 12.9. The van der Waals surface area contributed by atoms with Crippen LogP contribution >= 0.6 is 24.0 Å². The van der Waals surface area contributed by atoms with E-state index < -0.39 is 5.25 Å². The van der Waals surface area contributed by atoms with Gasteiger partial charge in [-0.05, 0) is 42.8 Å². The van der Waals surface area contributed by atoms with E-state index in [1.807, 2.05) is 36.1 Å². The number of hydrogen-bond donors (Lipinski definition) is 0. The van der Waals surface area contributed by atoms with Crippen LogP contribution in [0.3, 0.4) is 0 Å². The third-order valence-electron chi connectivity index (χ3n) is 5.50. The van der Waals surface area contributed by atoms with Crippen molar-refractivity contribution in [2.75, 3.05) is 31.2 Å². The first-order valence-electron chi connectivity index (χ1n) is 10.7. The van der Waals surface area contributed by atoms with Crippen molar-refractivity contribution in [3.63, 3.8) is 0 Å². The van der Waals surface area contributed by atoms with Crippen LogP contribution in [0.5, 0.6) is 0 Å². The Morgan fingerprint density at radius 2 is 1.85 bits per heavy atom. The number of thioether (sulfide) groups is 1. The summed E-state index contributed by atoms with van der Waals surface area (Å²) in [7, 11) is 0. The zero-order valence-electron chi connectivity index (χ0n) is 18.2. The minimum Gasteiger partial charge on any atom is -0.378 e. The molecule has 2 amide bonds. The second-order valence-electron chi connectivity index (χ2n) is 7.90. The van der Waals surface area contributed by atoms with Gasteiger partial charge in [-0.15, -0.1) is 0 Å². The molecule has 2 heterocycles. The summed E-state index contributed by atoms with van der Waals surface area (Å²) in [5.41, 5.74) is 3.02. The Morgan fingerprint density at radius 3 is 2.55 bits per heavy atom. The van der Waals surface area contributed by atoms with Gasteiger partial charge in [0.15, 0.2) is 5.78 Å². The molecule has 8 heteroatoms. The van der Waals surface area contributed by atoms with E-state index in [9.17, 15) is 14.4 Å². The maximum atomic E-state index is 12.9. The molecule has 6 nitrogen and oxygen atoms in total. The second kappa shape index (κ2) is 10.4. The molecule has 2 saturated heterocycles. The number of amides is 2. The minimum absolute atomic E-state index is 0.105. The number of anilines is 1. The van der Waals surface area contributed by atoms with Crippen molar-refractivity contribution in [1.29, 1.82) is 0 Å². The van der Waals surface area contributed by atoms with Gasteiger partial charge in [0, 0.05) is 25.1 Å². The molecule has 2 fully saturated rings. The fourth-order valence-corrected chi connectivity index (χ4v) is 5.26. The van der Waals surface area contributed by atoms with Crippen LogP contribution in [-0.4, -0.2) is 58.4 Å². The van der Waals surface area contributed by atoms with Crippen LogP contribution in [0.1, 0.15) is 27.9 Å². The van der Waals surface area contributed by atoms with E-state index in [1.54, 1.807) is 30.3 Å². The van der Waals surface area contributed by atoms with Gasteiger partial charge in [0.25, 0.3) is 0 Å². The molecule has 0 radical (unpaired) electrons. The van der Waals surface area contributed by atoms with Gasteiger partial charge in [-0.2, -0.15) is 0 Å². The van der Waals surface area contributed by atoms with Crippen molar-refractivity contribution in [2.45, 2.75) is 18.6 Å². The summed E-state index contributed by atoms with van der Waals surface area (Å²) in [6.07, 6.45) is 3.40. The predicted octanol–water partition coefficient (Wildman–Crippen LogP) is 3.87. The molecule has 0 spiro atoms. The van der Waals surface area contributed by atoms with Gasteiger partial charge >= 0.3 is 0 Å². The topological polar surface area (TPSA) is 66.9 Å². The first kappa shape index (κ1) is 23.4. The Hall–Kier alpha value is -2.81. The minimum atomic E-state index is -0.536. The van der Waals surface area contributed by atoms with Gasteiger partial charge in [0.1, 0.15) is 9.57 Å². The zero-order valence-corrected chi connectivity index (χ0v) is 19.9. The lowest BCUT2D eigenvalue weighted by Gasteiger charge is -2.29. The summed E-state index contributed by atoms with van der Waals surface area (Å²) in [4.78, 5) is 41.3. The molecule has 0 aliphatic carbocycles. The number of morpholine rings is 1. The lowest BCUT2D eigenvalue weighted by molar-refractivity contribution is -0.121. The lowest BCUT2D eigenvalue weighted by atomic mass is 10.1. The largest absolute Gasteiger partial charge is 0.378 e. The fraction of sp³-hybridized carbons (Fsp3) is 0.280. The zero-order chi connectivity index (χ0) is 23.4. The molecule has 2 aromatic carbocycles. The van der Waals surface area contributed by atoms with Crippen LogP contribution in [0.2, 0.25) is 0 Å². The standard InChI is InChI=1S/C25H24N2O4S2/c1-17-3-2-4-18(15-17)5-10-21(28)19-6-8-20(9-7-19)27-23(29)16-22(24(27)30)33-25(32)26-11-13-31-14-12-26/h2-10,15,22H,11-14,16H2,1H3/b10-5+/t22-/m1/s1. The Balaban J connectivity index is 1.40. The highest BCUT2D eigenvalue weighted by Gasteiger charge is 2.41. The molecule has 4 rings (SSSR count). The molecule has 2 aliphatic heterocycles. The van der Waals surface area contributed by atoms with Crippen LogP contribution in [0.25, 0.3) is 6.08 Å². The number of ketones is 1. The molecular formula is C25H24N2O4S2. The number of allylic oxidation sites excluding steroid dienone is 1. The van der Waals surface area contributed by atoms with Crippen molar-refractivity contribution >= 4 is 57.7 Å². The lowest BCUT2D eigenvalue weighted by Crippen LogP contribution is -2.39. The number of benzene rings is 2. The molecule has 0 bridgehead atoms. The van der Waals surface area contributed by atoms with Gasteiger partial charge in [-0.25, -0.2) is 4.90 Å². The van der Waals surface area contributed by atoms with Gasteiger partial charge in [0.05, 0.1) is 18.9 Å². The van der Waals surface area contributed by atoms with Crippen molar-refractivity contribution in [2.24, 2.45) is 0 Å². The van der Waals surface area contributed by atoms with E-state index in [2.05, 4.69) is 0 Å². The third-order valence-corrected chi connectivity index (χ3v) is 7.16. The van der Waals surface area contributed by atoms with E-state index in [1.165, 1.54) is 22.7 Å². The van der Waals surface area contributed by atoms with Crippen LogP contribution in [0.4, 0.5) is 5.69 Å². The predicted molar refractivity (Wildman–Crippen MR) is 134 cm³/mol. The van der Waals surface area contributed by atoms with Crippen LogP contribution in [0.15, 0.2) is 54.6 Å². The number of nitrogens with zero attached hydrogens (tertiary/aromatic N) is 2. The Morgan fingerprint density at radius 1 is 1.12 bits per heavy atom. The summed E-state index contributed by atoms with van der Waals surface area (Å²) in [6.45, 7) is 4.60. The molecule has 33 heavy (non-hydrogen) atoms. The van der Waals surface area contributed by atoms with Gasteiger partial charge in [0.2, 0.25) is 11.8 Å². The van der Waals surface area contributed by atoms with Crippen molar-refractivity contribution in [3.8, 4) is 0 Å². The van der Waals surface area contributed by atoms with Crippen molar-refractivity contribution < 1.29 is 19.1 Å².